The van der Waals surface area contributed by atoms with Gasteiger partial charge in [-0.25, -0.2) is 0 Å². The lowest BCUT2D eigenvalue weighted by Gasteiger charge is -2.14. The molecule has 1 unspecified atom stereocenters. The van der Waals surface area contributed by atoms with E-state index in [0.29, 0.717) is 22.5 Å². The number of nitrogens with one attached hydrogen (secondary N) is 3. The average molecular weight is 578 g/mol. The van der Waals surface area contributed by atoms with E-state index >= 15 is 0 Å². The van der Waals surface area contributed by atoms with Crippen molar-refractivity contribution in [3.05, 3.63) is 131 Å². The van der Waals surface area contributed by atoms with E-state index in [1.54, 1.807) is 73.7 Å². The molecule has 0 radical (unpaired) electrons. The fourth-order valence-corrected chi connectivity index (χ4v) is 4.84. The van der Waals surface area contributed by atoms with Gasteiger partial charge in [0.1, 0.15) is 5.70 Å². The van der Waals surface area contributed by atoms with Gasteiger partial charge in [-0.15, -0.1) is 11.8 Å². The largest absolute Gasteiger partial charge is 0.325 e. The Morgan fingerprint density at radius 3 is 2.02 bits per heavy atom. The van der Waals surface area contributed by atoms with E-state index in [9.17, 15) is 19.2 Å². The van der Waals surface area contributed by atoms with Crippen molar-refractivity contribution in [3.8, 4) is 0 Å². The number of hydrogen-bond acceptors (Lipinski definition) is 5. The summed E-state index contributed by atoms with van der Waals surface area (Å²) in [6.45, 7) is 5.25. The van der Waals surface area contributed by atoms with E-state index in [-0.39, 0.29) is 17.4 Å². The molecule has 8 heteroatoms. The minimum Gasteiger partial charge on any atom is -0.325 e. The predicted octanol–water partition coefficient (Wildman–Crippen LogP) is 6.73. The van der Waals surface area contributed by atoms with Crippen LogP contribution in [0.4, 0.5) is 11.4 Å². The van der Waals surface area contributed by atoms with Crippen LogP contribution in [0.3, 0.4) is 0 Å². The average Bonchev–Trinajstić information content (AvgIpc) is 2.98. The molecule has 0 saturated heterocycles. The molecule has 4 aromatic rings. The number of ketones is 1. The summed E-state index contributed by atoms with van der Waals surface area (Å²) >= 11 is 1.37. The van der Waals surface area contributed by atoms with Gasteiger partial charge in [-0.1, -0.05) is 48.0 Å². The molecule has 0 aliphatic carbocycles. The number of carbonyl (C=O) groups is 4. The van der Waals surface area contributed by atoms with Gasteiger partial charge in [0.2, 0.25) is 5.91 Å². The highest BCUT2D eigenvalue weighted by Gasteiger charge is 2.17. The van der Waals surface area contributed by atoms with Gasteiger partial charge in [-0.2, -0.15) is 0 Å². The van der Waals surface area contributed by atoms with Gasteiger partial charge < -0.3 is 16.0 Å². The lowest BCUT2D eigenvalue weighted by molar-refractivity contribution is -0.115. The zero-order valence-electron chi connectivity index (χ0n) is 23.5. The van der Waals surface area contributed by atoms with Crippen molar-refractivity contribution < 1.29 is 19.2 Å². The SMILES string of the molecule is CC(=O)c1ccc(NC(=O)C(C)Sc2ccc(NC(=O)/C(=C/c3cccc(C)c3)NC(=O)c3ccccc3)cc2)cc1. The van der Waals surface area contributed by atoms with Crippen molar-refractivity contribution >= 4 is 52.7 Å². The van der Waals surface area contributed by atoms with Crippen molar-refractivity contribution in [1.82, 2.24) is 5.32 Å². The van der Waals surface area contributed by atoms with E-state index < -0.39 is 17.1 Å². The Morgan fingerprint density at radius 1 is 0.738 bits per heavy atom. The summed E-state index contributed by atoms with van der Waals surface area (Å²) in [5.41, 5.74) is 4.09. The standard InChI is InChI=1S/C34H31N3O4S/c1-22-8-7-9-25(20-22)21-31(37-33(40)27-10-5-4-6-11-27)34(41)36-29-16-18-30(19-17-29)42-24(3)32(39)35-28-14-12-26(13-15-28)23(2)38/h4-21,24H,1-3H3,(H,35,39)(H,36,41)(H,37,40)/b31-21-. The van der Waals surface area contributed by atoms with Crippen LogP contribution >= 0.6 is 11.8 Å². The minimum absolute atomic E-state index is 0.0353. The highest BCUT2D eigenvalue weighted by molar-refractivity contribution is 8.00. The number of Topliss-reactive ketones (excluding diaryl/α,β-unsaturated/α-hetero) is 1. The first-order valence-corrected chi connectivity index (χ1v) is 14.2. The van der Waals surface area contributed by atoms with E-state index in [2.05, 4.69) is 16.0 Å². The molecule has 0 spiro atoms. The number of aryl methyl sites for hydroxylation is 1. The van der Waals surface area contributed by atoms with Crippen LogP contribution in [-0.2, 0) is 9.59 Å². The van der Waals surface area contributed by atoms with Crippen LogP contribution in [0.1, 0.15) is 45.7 Å². The maximum atomic E-state index is 13.3. The molecular weight excluding hydrogens is 546 g/mol. The Labute approximate surface area is 249 Å². The van der Waals surface area contributed by atoms with Gasteiger partial charge in [0.25, 0.3) is 11.8 Å². The van der Waals surface area contributed by atoms with Crippen molar-refractivity contribution in [2.75, 3.05) is 10.6 Å². The Balaban J connectivity index is 1.41. The molecule has 3 amide bonds. The van der Waals surface area contributed by atoms with Crippen molar-refractivity contribution in [2.24, 2.45) is 0 Å². The number of amides is 3. The number of carbonyl (C=O) groups excluding carboxylic acids is 4. The first-order valence-electron chi connectivity index (χ1n) is 13.3. The molecule has 0 heterocycles. The van der Waals surface area contributed by atoms with E-state index in [1.807, 2.05) is 49.4 Å². The molecule has 0 aliphatic rings. The van der Waals surface area contributed by atoms with E-state index in [0.717, 1.165) is 16.0 Å². The molecule has 42 heavy (non-hydrogen) atoms. The highest BCUT2D eigenvalue weighted by Crippen LogP contribution is 2.26. The molecule has 4 rings (SSSR count). The predicted molar refractivity (Wildman–Crippen MR) is 169 cm³/mol. The molecule has 0 aromatic heterocycles. The summed E-state index contributed by atoms with van der Waals surface area (Å²) in [6, 6.07) is 30.2. The maximum absolute atomic E-state index is 13.3. The monoisotopic (exact) mass is 577 g/mol. The van der Waals surface area contributed by atoms with E-state index in [1.165, 1.54) is 18.7 Å². The summed E-state index contributed by atoms with van der Waals surface area (Å²) < 4.78 is 0. The fourth-order valence-electron chi connectivity index (χ4n) is 3.97. The number of hydrogen-bond donors (Lipinski definition) is 3. The van der Waals surface area contributed by atoms with Gasteiger partial charge in [-0.05, 0) is 93.1 Å². The van der Waals surface area contributed by atoms with Gasteiger partial charge in [0, 0.05) is 27.4 Å². The van der Waals surface area contributed by atoms with Crippen molar-refractivity contribution in [2.45, 2.75) is 30.9 Å². The summed E-state index contributed by atoms with van der Waals surface area (Å²) in [7, 11) is 0. The molecule has 0 bridgehead atoms. The quantitative estimate of drug-likeness (QED) is 0.110. The van der Waals surface area contributed by atoms with Crippen LogP contribution in [0, 0.1) is 6.92 Å². The van der Waals surface area contributed by atoms with Crippen molar-refractivity contribution in [3.63, 3.8) is 0 Å². The van der Waals surface area contributed by atoms with Crippen LogP contribution < -0.4 is 16.0 Å². The Kier molecular flexibility index (Phi) is 10.1. The van der Waals surface area contributed by atoms with Crippen LogP contribution in [0.25, 0.3) is 6.08 Å². The third-order valence-corrected chi connectivity index (χ3v) is 7.35. The zero-order valence-corrected chi connectivity index (χ0v) is 24.3. The molecular formula is C34H31N3O4S. The fraction of sp³-hybridized carbons (Fsp3) is 0.118. The summed E-state index contributed by atoms with van der Waals surface area (Å²) in [4.78, 5) is 51.1. The first-order chi connectivity index (χ1) is 20.2. The lowest BCUT2D eigenvalue weighted by atomic mass is 10.1. The van der Waals surface area contributed by atoms with E-state index in [4.69, 9.17) is 0 Å². The Hall–Kier alpha value is -4.95. The third kappa shape index (κ3) is 8.52. The van der Waals surface area contributed by atoms with Gasteiger partial charge in [0.05, 0.1) is 5.25 Å². The van der Waals surface area contributed by atoms with Gasteiger partial charge >= 0.3 is 0 Å². The molecule has 3 N–H and O–H groups in total. The first kappa shape index (κ1) is 30.0. The minimum atomic E-state index is -0.468. The van der Waals surface area contributed by atoms with Crippen LogP contribution in [0.2, 0.25) is 0 Å². The Bertz CT molecular complexity index is 1620. The Morgan fingerprint density at radius 2 is 1.38 bits per heavy atom. The second kappa shape index (κ2) is 14.1. The molecule has 212 valence electrons. The third-order valence-electron chi connectivity index (χ3n) is 6.24. The molecule has 1 atom stereocenters. The topological polar surface area (TPSA) is 104 Å². The number of benzene rings is 4. The second-order valence-electron chi connectivity index (χ2n) is 9.65. The number of rotatable bonds is 10. The number of anilines is 2. The zero-order chi connectivity index (χ0) is 30.1. The summed E-state index contributed by atoms with van der Waals surface area (Å²) in [5, 5.41) is 8.06. The molecule has 7 nitrogen and oxygen atoms in total. The highest BCUT2D eigenvalue weighted by atomic mass is 32.2. The maximum Gasteiger partial charge on any atom is 0.272 e. The molecule has 0 saturated carbocycles. The summed E-state index contributed by atoms with van der Waals surface area (Å²) in [5.74, 6) is -1.07. The molecule has 0 fully saturated rings. The van der Waals surface area contributed by atoms with Gasteiger partial charge in [0.15, 0.2) is 5.78 Å². The van der Waals surface area contributed by atoms with Gasteiger partial charge in [-0.3, -0.25) is 19.2 Å². The van der Waals surface area contributed by atoms with Crippen LogP contribution in [0.5, 0.6) is 0 Å². The molecule has 4 aromatic carbocycles. The lowest BCUT2D eigenvalue weighted by Crippen LogP contribution is -2.30. The summed E-state index contributed by atoms with van der Waals surface area (Å²) in [6.07, 6.45) is 1.64. The normalized spacial score (nSPS) is 11.7. The van der Waals surface area contributed by atoms with Crippen LogP contribution in [-0.4, -0.2) is 28.8 Å². The molecule has 0 aliphatic heterocycles. The van der Waals surface area contributed by atoms with Crippen molar-refractivity contribution in [1.29, 1.82) is 0 Å². The number of thioether (sulfide) groups is 1. The van der Waals surface area contributed by atoms with Crippen LogP contribution in [0.15, 0.2) is 114 Å². The smallest absolute Gasteiger partial charge is 0.272 e. The second-order valence-corrected chi connectivity index (χ2v) is 11.1.